The first-order chi connectivity index (χ1) is 16.1. The highest BCUT2D eigenvalue weighted by atomic mass is 32.2. The van der Waals surface area contributed by atoms with Gasteiger partial charge in [-0.1, -0.05) is 42.1 Å². The average Bonchev–Trinajstić information content (AvgIpc) is 3.25. The Bertz CT molecular complexity index is 1320. The van der Waals surface area contributed by atoms with Crippen molar-refractivity contribution in [3.63, 3.8) is 0 Å². The molecule has 9 heteroatoms. The summed E-state index contributed by atoms with van der Waals surface area (Å²) in [7, 11) is 1.64. The van der Waals surface area contributed by atoms with Gasteiger partial charge in [-0.3, -0.25) is 18.6 Å². The van der Waals surface area contributed by atoms with Crippen molar-refractivity contribution in [3.05, 3.63) is 65.0 Å². The zero-order valence-corrected chi connectivity index (χ0v) is 19.8. The molecule has 0 fully saturated rings. The number of carbonyl (C=O) groups excluding carboxylic acids is 1. The number of aryl methyl sites for hydroxylation is 1. The van der Waals surface area contributed by atoms with Gasteiger partial charge >= 0.3 is 0 Å². The molecular formula is C24H27N5O3S. The van der Waals surface area contributed by atoms with Crippen molar-refractivity contribution >= 4 is 40.0 Å². The minimum atomic E-state index is -0.398. The quantitative estimate of drug-likeness (QED) is 0.277. The molecule has 0 saturated heterocycles. The molecule has 0 aliphatic carbocycles. The Morgan fingerprint density at radius 1 is 1.12 bits per heavy atom. The summed E-state index contributed by atoms with van der Waals surface area (Å²) in [6, 6.07) is 17.0. The minimum Gasteiger partial charge on any atom is -0.385 e. The third-order valence-electron chi connectivity index (χ3n) is 5.49. The molecule has 2 aromatic carbocycles. The highest BCUT2D eigenvalue weighted by Crippen LogP contribution is 2.27. The van der Waals surface area contributed by atoms with Crippen LogP contribution in [-0.4, -0.2) is 50.6 Å². The molecule has 0 N–H and O–H groups in total. The summed E-state index contributed by atoms with van der Waals surface area (Å²) in [6.45, 7) is 5.41. The fourth-order valence-corrected chi connectivity index (χ4v) is 4.80. The molecule has 2 heterocycles. The molecule has 0 spiro atoms. The number of amides is 1. The lowest BCUT2D eigenvalue weighted by Gasteiger charge is -2.24. The fourth-order valence-electron chi connectivity index (χ4n) is 3.88. The van der Waals surface area contributed by atoms with E-state index >= 15 is 0 Å². The third kappa shape index (κ3) is 4.51. The summed E-state index contributed by atoms with van der Waals surface area (Å²) in [5, 5.41) is 9.47. The molecule has 33 heavy (non-hydrogen) atoms. The normalized spacial score (nSPS) is 12.3. The van der Waals surface area contributed by atoms with Gasteiger partial charge in [0.25, 0.3) is 5.56 Å². The second-order valence-electron chi connectivity index (χ2n) is 7.62. The van der Waals surface area contributed by atoms with Crippen LogP contribution in [0.15, 0.2) is 64.5 Å². The van der Waals surface area contributed by atoms with E-state index < -0.39 is 5.25 Å². The third-order valence-corrected chi connectivity index (χ3v) is 6.52. The Hall–Kier alpha value is -3.17. The summed E-state index contributed by atoms with van der Waals surface area (Å²) in [5.74, 6) is 0.454. The van der Waals surface area contributed by atoms with Crippen LogP contribution in [0.1, 0.15) is 20.3 Å². The van der Waals surface area contributed by atoms with Gasteiger partial charge in [-0.05, 0) is 44.5 Å². The van der Waals surface area contributed by atoms with Gasteiger partial charge in [-0.2, -0.15) is 0 Å². The van der Waals surface area contributed by atoms with E-state index in [2.05, 4.69) is 10.2 Å². The van der Waals surface area contributed by atoms with Crippen LogP contribution in [0, 0.1) is 0 Å². The summed E-state index contributed by atoms with van der Waals surface area (Å²) in [6.07, 6.45) is 0.678. The summed E-state index contributed by atoms with van der Waals surface area (Å²) in [4.78, 5) is 28.2. The smallest absolute Gasteiger partial charge is 0.262 e. The van der Waals surface area contributed by atoms with Gasteiger partial charge in [0.15, 0.2) is 5.16 Å². The molecule has 0 aliphatic rings. The summed E-state index contributed by atoms with van der Waals surface area (Å²) < 4.78 is 8.66. The molecular weight excluding hydrogens is 438 g/mol. The van der Waals surface area contributed by atoms with Gasteiger partial charge in [0.05, 0.1) is 16.2 Å². The number of nitrogens with zero attached hydrogens (tertiary/aromatic N) is 5. The lowest BCUT2D eigenvalue weighted by Crippen LogP contribution is -2.36. The van der Waals surface area contributed by atoms with Crippen LogP contribution < -0.4 is 10.5 Å². The van der Waals surface area contributed by atoms with Crippen LogP contribution in [0.3, 0.4) is 0 Å². The van der Waals surface area contributed by atoms with Gasteiger partial charge in [0.2, 0.25) is 11.7 Å². The Labute approximate surface area is 196 Å². The largest absolute Gasteiger partial charge is 0.385 e. The zero-order valence-electron chi connectivity index (χ0n) is 19.0. The minimum absolute atomic E-state index is 0.0110. The van der Waals surface area contributed by atoms with Crippen LogP contribution in [0.25, 0.3) is 16.7 Å². The number of para-hydroxylation sites is 2. The first-order valence-corrected chi connectivity index (χ1v) is 11.8. The molecule has 2 aromatic heterocycles. The van der Waals surface area contributed by atoms with Gasteiger partial charge in [0, 0.05) is 32.5 Å². The topological polar surface area (TPSA) is 81.7 Å². The van der Waals surface area contributed by atoms with Crippen LogP contribution in [-0.2, 0) is 16.1 Å². The van der Waals surface area contributed by atoms with Crippen molar-refractivity contribution in [3.8, 4) is 0 Å². The number of hydrogen-bond donors (Lipinski definition) is 0. The van der Waals surface area contributed by atoms with Gasteiger partial charge in [-0.25, -0.2) is 0 Å². The number of rotatable bonds is 9. The maximum atomic E-state index is 13.3. The van der Waals surface area contributed by atoms with E-state index in [-0.39, 0.29) is 11.5 Å². The summed E-state index contributed by atoms with van der Waals surface area (Å²) >= 11 is 1.34. The fraction of sp³-hybridized carbons (Fsp3) is 0.333. The SMILES string of the molecule is CCN(C(=O)C(C)Sc1nnc2n(CCCOC)c(=O)c3ccccc3n12)c1ccccc1. The Kier molecular flexibility index (Phi) is 7.10. The number of ether oxygens (including phenoxy) is 1. The molecule has 1 unspecified atom stereocenters. The lowest BCUT2D eigenvalue weighted by molar-refractivity contribution is -0.117. The van der Waals surface area contributed by atoms with E-state index in [1.165, 1.54) is 11.8 Å². The molecule has 1 atom stereocenters. The maximum absolute atomic E-state index is 13.3. The van der Waals surface area contributed by atoms with Crippen molar-refractivity contribution in [2.45, 2.75) is 37.2 Å². The zero-order chi connectivity index (χ0) is 23.4. The van der Waals surface area contributed by atoms with Crippen molar-refractivity contribution in [1.29, 1.82) is 0 Å². The molecule has 4 rings (SSSR count). The number of carbonyl (C=O) groups is 1. The Morgan fingerprint density at radius 3 is 2.58 bits per heavy atom. The van der Waals surface area contributed by atoms with Crippen molar-refractivity contribution < 1.29 is 9.53 Å². The highest BCUT2D eigenvalue weighted by molar-refractivity contribution is 8.00. The number of methoxy groups -OCH3 is 1. The number of aromatic nitrogens is 4. The molecule has 0 bridgehead atoms. The number of hydrogen-bond acceptors (Lipinski definition) is 6. The molecule has 0 aliphatic heterocycles. The van der Waals surface area contributed by atoms with Crippen LogP contribution >= 0.6 is 11.8 Å². The van der Waals surface area contributed by atoms with E-state index in [0.717, 1.165) is 11.2 Å². The molecule has 8 nitrogen and oxygen atoms in total. The second kappa shape index (κ2) is 10.2. The molecule has 172 valence electrons. The van der Waals surface area contributed by atoms with Crippen LogP contribution in [0.4, 0.5) is 5.69 Å². The molecule has 1 amide bonds. The van der Waals surface area contributed by atoms with E-state index in [1.54, 1.807) is 22.6 Å². The van der Waals surface area contributed by atoms with Crippen LogP contribution in [0.5, 0.6) is 0 Å². The first-order valence-electron chi connectivity index (χ1n) is 11.0. The van der Waals surface area contributed by atoms with E-state index in [4.69, 9.17) is 4.74 Å². The van der Waals surface area contributed by atoms with Crippen molar-refractivity contribution in [2.75, 3.05) is 25.2 Å². The lowest BCUT2D eigenvalue weighted by atomic mass is 10.2. The van der Waals surface area contributed by atoms with E-state index in [1.807, 2.05) is 66.8 Å². The number of thioether (sulfide) groups is 1. The first kappa shape index (κ1) is 23.0. The predicted molar refractivity (Wildman–Crippen MR) is 131 cm³/mol. The number of anilines is 1. The average molecular weight is 466 g/mol. The van der Waals surface area contributed by atoms with Gasteiger partial charge in [-0.15, -0.1) is 10.2 Å². The number of benzene rings is 2. The Balaban J connectivity index is 1.72. The highest BCUT2D eigenvalue weighted by Gasteiger charge is 2.25. The standard InChI is InChI=1S/C24H27N5O3S/c1-4-27(18-11-6-5-7-12-18)21(30)17(2)33-24-26-25-23-28(15-10-16-32-3)22(31)19-13-8-9-14-20(19)29(23)24/h5-9,11-14,17H,4,10,15-16H2,1-3H3. The van der Waals surface area contributed by atoms with Crippen LogP contribution in [0.2, 0.25) is 0 Å². The summed E-state index contributed by atoms with van der Waals surface area (Å²) in [5.41, 5.74) is 1.48. The molecule has 0 saturated carbocycles. The van der Waals surface area contributed by atoms with Crippen molar-refractivity contribution in [1.82, 2.24) is 19.2 Å². The van der Waals surface area contributed by atoms with Gasteiger partial charge in [0.1, 0.15) is 0 Å². The maximum Gasteiger partial charge on any atom is 0.262 e. The second-order valence-corrected chi connectivity index (χ2v) is 8.92. The van der Waals surface area contributed by atoms with E-state index in [0.29, 0.717) is 42.4 Å². The van der Waals surface area contributed by atoms with Crippen molar-refractivity contribution in [2.24, 2.45) is 0 Å². The monoisotopic (exact) mass is 465 g/mol. The number of fused-ring (bicyclic) bond motifs is 3. The predicted octanol–water partition coefficient (Wildman–Crippen LogP) is 3.61. The van der Waals surface area contributed by atoms with Gasteiger partial charge < -0.3 is 9.64 Å². The Morgan fingerprint density at radius 2 is 1.85 bits per heavy atom. The molecule has 0 radical (unpaired) electrons. The van der Waals surface area contributed by atoms with E-state index in [9.17, 15) is 9.59 Å². The molecule has 4 aromatic rings.